The first kappa shape index (κ1) is 14.2. The average Bonchev–Trinajstić information content (AvgIpc) is 2.78. The van der Waals surface area contributed by atoms with Gasteiger partial charge in [-0.15, -0.1) is 11.3 Å². The molecular formula is C12H11ClFIN2S. The van der Waals surface area contributed by atoms with E-state index < -0.39 is 5.82 Å². The van der Waals surface area contributed by atoms with Crippen LogP contribution in [0.5, 0.6) is 0 Å². The first-order chi connectivity index (χ1) is 8.61. The molecule has 1 heterocycles. The Morgan fingerprint density at radius 3 is 2.89 bits per heavy atom. The van der Waals surface area contributed by atoms with E-state index in [0.29, 0.717) is 6.42 Å². The van der Waals surface area contributed by atoms with Crippen LogP contribution in [-0.4, -0.2) is 0 Å². The zero-order chi connectivity index (χ0) is 13.1. The third-order valence-electron chi connectivity index (χ3n) is 2.65. The normalized spacial score (nSPS) is 12.7. The molecule has 3 N–H and O–H groups in total. The number of thiophene rings is 1. The minimum absolute atomic E-state index is 0.0657. The number of benzene rings is 1. The second kappa shape index (κ2) is 6.29. The number of hydrazine groups is 1. The average molecular weight is 397 g/mol. The van der Waals surface area contributed by atoms with Crippen LogP contribution in [0.15, 0.2) is 29.6 Å². The van der Waals surface area contributed by atoms with Crippen LogP contribution in [0.25, 0.3) is 0 Å². The Labute approximate surface area is 127 Å². The predicted octanol–water partition coefficient (Wildman–Crippen LogP) is 3.89. The summed E-state index contributed by atoms with van der Waals surface area (Å²) in [6, 6.07) is 6.81. The van der Waals surface area contributed by atoms with Gasteiger partial charge in [-0.2, -0.15) is 0 Å². The lowest BCUT2D eigenvalue weighted by Crippen LogP contribution is -2.29. The Kier molecular flexibility index (Phi) is 4.97. The third-order valence-corrected chi connectivity index (χ3v) is 4.88. The molecule has 0 fully saturated rings. The maximum Gasteiger partial charge on any atom is 0.142 e. The highest BCUT2D eigenvalue weighted by Crippen LogP contribution is 2.28. The Balaban J connectivity index is 2.23. The molecule has 2 rings (SSSR count). The van der Waals surface area contributed by atoms with Crippen molar-refractivity contribution in [3.8, 4) is 0 Å². The van der Waals surface area contributed by atoms with Gasteiger partial charge in [0.05, 0.1) is 13.9 Å². The number of rotatable bonds is 4. The Morgan fingerprint density at radius 2 is 2.28 bits per heavy atom. The van der Waals surface area contributed by atoms with Crippen LogP contribution < -0.4 is 11.3 Å². The van der Waals surface area contributed by atoms with Gasteiger partial charge in [-0.1, -0.05) is 23.7 Å². The van der Waals surface area contributed by atoms with Gasteiger partial charge in [0.15, 0.2) is 0 Å². The molecule has 6 heteroatoms. The van der Waals surface area contributed by atoms with Gasteiger partial charge in [-0.05, 0) is 57.7 Å². The molecule has 0 saturated carbocycles. The van der Waals surface area contributed by atoms with Crippen LogP contribution in [0, 0.1) is 8.70 Å². The lowest BCUT2D eigenvalue weighted by Gasteiger charge is -2.15. The van der Waals surface area contributed by atoms with E-state index >= 15 is 0 Å². The predicted molar refractivity (Wildman–Crippen MR) is 82.2 cm³/mol. The summed E-state index contributed by atoms with van der Waals surface area (Å²) in [5, 5.41) is 2.21. The first-order valence-corrected chi connectivity index (χ1v) is 7.58. The van der Waals surface area contributed by atoms with E-state index in [4.69, 9.17) is 17.4 Å². The van der Waals surface area contributed by atoms with E-state index in [-0.39, 0.29) is 11.1 Å². The first-order valence-electron chi connectivity index (χ1n) is 5.24. The molecule has 0 saturated heterocycles. The van der Waals surface area contributed by atoms with E-state index in [1.54, 1.807) is 17.4 Å². The van der Waals surface area contributed by atoms with Gasteiger partial charge in [0.1, 0.15) is 5.82 Å². The summed E-state index contributed by atoms with van der Waals surface area (Å²) < 4.78 is 14.5. The summed E-state index contributed by atoms with van der Waals surface area (Å²) in [6.45, 7) is 0. The molecule has 96 valence electrons. The van der Waals surface area contributed by atoms with E-state index in [2.05, 4.69) is 34.1 Å². The van der Waals surface area contributed by atoms with E-state index in [1.807, 2.05) is 11.4 Å². The van der Waals surface area contributed by atoms with Crippen molar-refractivity contribution < 1.29 is 4.39 Å². The van der Waals surface area contributed by atoms with Gasteiger partial charge in [-0.25, -0.2) is 4.39 Å². The Morgan fingerprint density at radius 1 is 1.50 bits per heavy atom. The fourth-order valence-corrected chi connectivity index (χ4v) is 3.33. The molecule has 0 aliphatic rings. The summed E-state index contributed by atoms with van der Waals surface area (Å²) in [4.78, 5) is 0. The highest BCUT2D eigenvalue weighted by atomic mass is 127. The molecule has 1 aromatic heterocycles. The summed E-state index contributed by atoms with van der Waals surface area (Å²) >= 11 is 9.85. The lowest BCUT2D eigenvalue weighted by atomic mass is 10.0. The van der Waals surface area contributed by atoms with Crippen molar-refractivity contribution >= 4 is 45.5 Å². The number of nitrogens with one attached hydrogen (secondary N) is 1. The van der Waals surface area contributed by atoms with Crippen molar-refractivity contribution in [3.63, 3.8) is 0 Å². The number of halogens is 3. The minimum Gasteiger partial charge on any atom is -0.271 e. The molecule has 0 spiro atoms. The van der Waals surface area contributed by atoms with E-state index in [9.17, 15) is 4.39 Å². The molecule has 0 aliphatic carbocycles. The standard InChI is InChI=1S/C12H11ClFIN2S/c13-12-7(2-1-3-9(12)14)4-10(17-16)8-5-11(15)18-6-8/h1-3,5-6,10,17H,4,16H2. The molecular weight excluding hydrogens is 386 g/mol. The van der Waals surface area contributed by atoms with Gasteiger partial charge in [0, 0.05) is 0 Å². The molecule has 1 unspecified atom stereocenters. The third kappa shape index (κ3) is 3.21. The van der Waals surface area contributed by atoms with Crippen LogP contribution in [0.2, 0.25) is 5.02 Å². The van der Waals surface area contributed by atoms with Crippen LogP contribution in [0.3, 0.4) is 0 Å². The van der Waals surface area contributed by atoms with Gasteiger partial charge in [0.2, 0.25) is 0 Å². The van der Waals surface area contributed by atoms with Crippen LogP contribution >= 0.6 is 45.5 Å². The van der Waals surface area contributed by atoms with Gasteiger partial charge in [0.25, 0.3) is 0 Å². The zero-order valence-electron chi connectivity index (χ0n) is 9.29. The lowest BCUT2D eigenvalue weighted by molar-refractivity contribution is 0.550. The SMILES string of the molecule is NNC(Cc1cccc(F)c1Cl)c1csc(I)c1. The smallest absolute Gasteiger partial charge is 0.142 e. The van der Waals surface area contributed by atoms with Crippen LogP contribution in [0.1, 0.15) is 17.2 Å². The molecule has 0 aliphatic heterocycles. The van der Waals surface area contributed by atoms with Crippen molar-refractivity contribution in [2.24, 2.45) is 5.84 Å². The molecule has 2 aromatic rings. The van der Waals surface area contributed by atoms with Gasteiger partial charge >= 0.3 is 0 Å². The molecule has 0 amide bonds. The van der Waals surface area contributed by atoms with Crippen molar-refractivity contribution in [1.29, 1.82) is 0 Å². The summed E-state index contributed by atoms with van der Waals surface area (Å²) in [5.74, 6) is 5.17. The number of hydrogen-bond donors (Lipinski definition) is 2. The van der Waals surface area contributed by atoms with Crippen molar-refractivity contribution in [3.05, 3.63) is 54.5 Å². The molecule has 0 radical (unpaired) electrons. The Hall–Kier alpha value is -0.210. The summed E-state index contributed by atoms with van der Waals surface area (Å²) in [5.41, 5.74) is 4.59. The molecule has 1 atom stereocenters. The van der Waals surface area contributed by atoms with Crippen LogP contribution in [-0.2, 0) is 6.42 Å². The Bertz CT molecular complexity index is 547. The second-order valence-electron chi connectivity index (χ2n) is 3.82. The largest absolute Gasteiger partial charge is 0.271 e. The monoisotopic (exact) mass is 396 g/mol. The maximum atomic E-state index is 13.4. The highest BCUT2D eigenvalue weighted by Gasteiger charge is 2.15. The van der Waals surface area contributed by atoms with Crippen molar-refractivity contribution in [2.75, 3.05) is 0 Å². The fourth-order valence-electron chi connectivity index (χ4n) is 1.71. The van der Waals surface area contributed by atoms with Crippen LogP contribution in [0.4, 0.5) is 4.39 Å². The summed E-state index contributed by atoms with van der Waals surface area (Å²) in [6.07, 6.45) is 0.555. The number of hydrogen-bond acceptors (Lipinski definition) is 3. The summed E-state index contributed by atoms with van der Waals surface area (Å²) in [7, 11) is 0. The van der Waals surface area contributed by atoms with Crippen molar-refractivity contribution in [1.82, 2.24) is 5.43 Å². The second-order valence-corrected chi connectivity index (χ2v) is 7.00. The van der Waals surface area contributed by atoms with E-state index in [1.165, 1.54) is 8.95 Å². The molecule has 0 bridgehead atoms. The quantitative estimate of drug-likeness (QED) is 0.467. The zero-order valence-corrected chi connectivity index (χ0v) is 13.0. The van der Waals surface area contributed by atoms with E-state index in [0.717, 1.165) is 11.1 Å². The minimum atomic E-state index is -0.398. The fraction of sp³-hybridized carbons (Fsp3) is 0.167. The molecule has 18 heavy (non-hydrogen) atoms. The molecule has 1 aromatic carbocycles. The number of nitrogens with two attached hydrogens (primary N) is 1. The van der Waals surface area contributed by atoms with Gasteiger partial charge < -0.3 is 0 Å². The highest BCUT2D eigenvalue weighted by molar-refractivity contribution is 14.1. The van der Waals surface area contributed by atoms with Gasteiger partial charge in [-0.3, -0.25) is 11.3 Å². The molecule has 2 nitrogen and oxygen atoms in total. The topological polar surface area (TPSA) is 38.0 Å². The van der Waals surface area contributed by atoms with Crippen molar-refractivity contribution in [2.45, 2.75) is 12.5 Å². The maximum absolute atomic E-state index is 13.4.